The van der Waals surface area contributed by atoms with Gasteiger partial charge in [0.2, 0.25) is 11.5 Å². The second kappa shape index (κ2) is 7.01. The molecular formula is C12H12ClN3O6S. The van der Waals surface area contributed by atoms with Crippen molar-refractivity contribution < 1.29 is 29.1 Å². The van der Waals surface area contributed by atoms with Gasteiger partial charge in [0.15, 0.2) is 0 Å². The fraction of sp³-hybridized carbons (Fsp3) is 0.417. The van der Waals surface area contributed by atoms with Gasteiger partial charge in [-0.05, 0) is 0 Å². The molecule has 2 atom stereocenters. The fourth-order valence-electron chi connectivity index (χ4n) is 2.01. The zero-order valence-electron chi connectivity index (χ0n) is 11.8. The third-order valence-electron chi connectivity index (χ3n) is 3.13. The van der Waals surface area contributed by atoms with E-state index in [9.17, 15) is 19.2 Å². The quantitative estimate of drug-likeness (QED) is 0.208. The molecule has 0 bridgehead atoms. The van der Waals surface area contributed by atoms with Crippen molar-refractivity contribution in [2.45, 2.75) is 11.4 Å². The summed E-state index contributed by atoms with van der Waals surface area (Å²) in [5, 5.41) is 14.2. The van der Waals surface area contributed by atoms with Crippen LogP contribution in [-0.4, -0.2) is 69.4 Å². The molecule has 0 aromatic rings. The van der Waals surface area contributed by atoms with E-state index in [2.05, 4.69) is 15.3 Å². The number of Topliss-reactive ketones (excluding diaryl/α,β-unsaturated/α-hetero) is 1. The molecule has 2 aliphatic rings. The lowest BCUT2D eigenvalue weighted by Gasteiger charge is -2.46. The number of halogens is 1. The van der Waals surface area contributed by atoms with E-state index in [1.165, 1.54) is 30.0 Å². The molecule has 0 spiro atoms. The SMILES string of the molecule is CON=C(C(=O)CCl)C(=O)NC1C(=O)N2C=C(C(=O)O)CS[C@H]12. The van der Waals surface area contributed by atoms with Gasteiger partial charge in [-0.2, -0.15) is 0 Å². The first-order valence-electron chi connectivity index (χ1n) is 6.29. The van der Waals surface area contributed by atoms with Crippen LogP contribution in [-0.2, 0) is 24.0 Å². The van der Waals surface area contributed by atoms with E-state index in [4.69, 9.17) is 16.7 Å². The minimum absolute atomic E-state index is 0.100. The molecule has 9 nitrogen and oxygen atoms in total. The number of carboxylic acids is 1. The third kappa shape index (κ3) is 3.32. The van der Waals surface area contributed by atoms with Crippen molar-refractivity contribution >= 4 is 52.6 Å². The molecule has 11 heteroatoms. The highest BCUT2D eigenvalue weighted by Gasteiger charge is 2.50. The van der Waals surface area contributed by atoms with E-state index in [1.807, 2.05) is 0 Å². The Bertz CT molecular complexity index is 634. The number of thioether (sulfide) groups is 1. The van der Waals surface area contributed by atoms with Crippen molar-refractivity contribution in [2.24, 2.45) is 5.16 Å². The van der Waals surface area contributed by atoms with E-state index in [0.29, 0.717) is 0 Å². The number of carbonyl (C=O) groups is 4. The lowest BCUT2D eigenvalue weighted by Crippen LogP contribution is -2.69. The van der Waals surface area contributed by atoms with Crippen molar-refractivity contribution in [1.82, 2.24) is 10.2 Å². The van der Waals surface area contributed by atoms with Crippen molar-refractivity contribution in [1.29, 1.82) is 0 Å². The maximum atomic E-state index is 12.0. The smallest absolute Gasteiger partial charge is 0.333 e. The predicted molar refractivity (Wildman–Crippen MR) is 80.9 cm³/mol. The average molecular weight is 362 g/mol. The Kier molecular flexibility index (Phi) is 5.26. The van der Waals surface area contributed by atoms with Crippen molar-refractivity contribution in [3.8, 4) is 0 Å². The highest BCUT2D eigenvalue weighted by molar-refractivity contribution is 8.00. The number of hydrogen-bond donors (Lipinski definition) is 2. The van der Waals surface area contributed by atoms with Gasteiger partial charge in [0, 0.05) is 12.0 Å². The number of carbonyl (C=O) groups excluding carboxylic acids is 3. The summed E-state index contributed by atoms with van der Waals surface area (Å²) in [6.07, 6.45) is 1.25. The van der Waals surface area contributed by atoms with Gasteiger partial charge in [-0.3, -0.25) is 14.4 Å². The number of oxime groups is 1. The fourth-order valence-corrected chi connectivity index (χ4v) is 3.39. The molecule has 1 fully saturated rings. The summed E-state index contributed by atoms with van der Waals surface area (Å²) < 4.78 is 0. The second-order valence-electron chi connectivity index (χ2n) is 4.54. The van der Waals surface area contributed by atoms with Crippen LogP contribution >= 0.6 is 23.4 Å². The monoisotopic (exact) mass is 361 g/mol. The Morgan fingerprint density at radius 3 is 2.83 bits per heavy atom. The van der Waals surface area contributed by atoms with E-state index < -0.39 is 46.6 Å². The Morgan fingerprint density at radius 2 is 2.26 bits per heavy atom. The molecule has 2 amide bonds. The molecule has 23 heavy (non-hydrogen) atoms. The summed E-state index contributed by atoms with van der Waals surface area (Å²) in [7, 11) is 1.17. The van der Waals surface area contributed by atoms with Crippen LogP contribution < -0.4 is 5.32 Å². The first kappa shape index (κ1) is 17.3. The number of carboxylic acid groups (broad SMARTS) is 1. The lowest BCUT2D eigenvalue weighted by molar-refractivity contribution is -0.144. The van der Waals surface area contributed by atoms with E-state index in [0.717, 1.165) is 0 Å². The first-order valence-corrected chi connectivity index (χ1v) is 7.88. The van der Waals surface area contributed by atoms with Crippen LogP contribution in [0, 0.1) is 0 Å². The van der Waals surface area contributed by atoms with Crippen LogP contribution in [0.3, 0.4) is 0 Å². The summed E-state index contributed by atoms with van der Waals surface area (Å²) >= 11 is 6.59. The summed E-state index contributed by atoms with van der Waals surface area (Å²) in [6, 6.07) is -0.871. The second-order valence-corrected chi connectivity index (χ2v) is 5.91. The van der Waals surface area contributed by atoms with Gasteiger partial charge in [-0.1, -0.05) is 5.16 Å². The van der Waals surface area contributed by atoms with Gasteiger partial charge in [-0.25, -0.2) is 4.79 Å². The molecule has 0 radical (unpaired) electrons. The van der Waals surface area contributed by atoms with Gasteiger partial charge in [0.1, 0.15) is 18.5 Å². The number of ketones is 1. The van der Waals surface area contributed by atoms with E-state index in [1.54, 1.807) is 0 Å². The van der Waals surface area contributed by atoms with Crippen LogP contribution in [0.2, 0.25) is 0 Å². The van der Waals surface area contributed by atoms with E-state index in [-0.39, 0.29) is 11.3 Å². The van der Waals surface area contributed by atoms with Crippen molar-refractivity contribution in [3.63, 3.8) is 0 Å². The Balaban J connectivity index is 2.07. The Labute approximate surface area is 139 Å². The number of fused-ring (bicyclic) bond motifs is 1. The van der Waals surface area contributed by atoms with E-state index >= 15 is 0 Å². The van der Waals surface area contributed by atoms with Crippen LogP contribution in [0.4, 0.5) is 0 Å². The Hall–Kier alpha value is -2.07. The van der Waals surface area contributed by atoms with Crippen LogP contribution in [0.25, 0.3) is 0 Å². The van der Waals surface area contributed by atoms with Gasteiger partial charge in [0.25, 0.3) is 11.8 Å². The van der Waals surface area contributed by atoms with Crippen molar-refractivity contribution in [2.75, 3.05) is 18.7 Å². The third-order valence-corrected chi connectivity index (χ3v) is 4.69. The van der Waals surface area contributed by atoms with Gasteiger partial charge >= 0.3 is 5.97 Å². The van der Waals surface area contributed by atoms with Gasteiger partial charge < -0.3 is 20.2 Å². The highest BCUT2D eigenvalue weighted by Crippen LogP contribution is 2.36. The average Bonchev–Trinajstić information content (AvgIpc) is 2.55. The minimum Gasteiger partial charge on any atom is -0.478 e. The number of β-lactam (4-membered cyclic amide) rings is 1. The number of nitrogens with one attached hydrogen (secondary N) is 1. The number of aliphatic carboxylic acids is 1. The molecule has 1 unspecified atom stereocenters. The molecule has 0 aromatic heterocycles. The molecule has 0 saturated carbocycles. The topological polar surface area (TPSA) is 125 Å². The summed E-state index contributed by atoms with van der Waals surface area (Å²) in [6.45, 7) is 0. The summed E-state index contributed by atoms with van der Waals surface area (Å²) in [5.41, 5.74) is -0.431. The number of amides is 2. The highest BCUT2D eigenvalue weighted by atomic mass is 35.5. The molecule has 0 aromatic carbocycles. The summed E-state index contributed by atoms with van der Waals surface area (Å²) in [4.78, 5) is 52.1. The molecule has 1 saturated heterocycles. The summed E-state index contributed by atoms with van der Waals surface area (Å²) in [5.74, 6) is -3.43. The van der Waals surface area contributed by atoms with Gasteiger partial charge in [-0.15, -0.1) is 23.4 Å². The lowest BCUT2D eigenvalue weighted by atomic mass is 10.1. The normalized spacial score (nSPS) is 23.4. The molecule has 124 valence electrons. The maximum Gasteiger partial charge on any atom is 0.333 e. The minimum atomic E-state index is -1.10. The Morgan fingerprint density at radius 1 is 1.57 bits per heavy atom. The van der Waals surface area contributed by atoms with Crippen LogP contribution in [0.1, 0.15) is 0 Å². The molecule has 2 heterocycles. The van der Waals surface area contributed by atoms with Crippen LogP contribution in [0.15, 0.2) is 16.9 Å². The first-order chi connectivity index (χ1) is 10.9. The maximum absolute atomic E-state index is 12.0. The standard InChI is InChI=1S/C12H12ClN3O6S/c1-22-15-7(6(17)2-13)9(18)14-8-10(19)16-3-5(12(20)21)4-23-11(8)16/h3,8,11H,2,4H2,1H3,(H,14,18)(H,20,21)/t8?,11-/m1/s1. The number of alkyl halides is 1. The molecule has 2 N–H and O–H groups in total. The van der Waals surface area contributed by atoms with Crippen LogP contribution in [0.5, 0.6) is 0 Å². The van der Waals surface area contributed by atoms with Gasteiger partial charge in [0.05, 0.1) is 11.5 Å². The number of nitrogens with zero attached hydrogens (tertiary/aromatic N) is 2. The zero-order chi connectivity index (χ0) is 17.1. The number of hydrogen-bond acceptors (Lipinski definition) is 7. The molecule has 2 rings (SSSR count). The predicted octanol–water partition coefficient (Wildman–Crippen LogP) is -0.835. The largest absolute Gasteiger partial charge is 0.478 e. The zero-order valence-corrected chi connectivity index (χ0v) is 13.4. The number of rotatable bonds is 6. The van der Waals surface area contributed by atoms with Crippen molar-refractivity contribution in [3.05, 3.63) is 11.8 Å². The molecule has 2 aliphatic heterocycles. The molecular weight excluding hydrogens is 350 g/mol. The molecule has 0 aliphatic carbocycles.